The Kier molecular flexibility index (Phi) is 5.06. The fourth-order valence-electron chi connectivity index (χ4n) is 2.43. The van der Waals surface area contributed by atoms with E-state index in [-0.39, 0.29) is 18.1 Å². The van der Waals surface area contributed by atoms with Crippen LogP contribution in [0.2, 0.25) is 0 Å². The number of hydrogen-bond acceptors (Lipinski definition) is 5. The van der Waals surface area contributed by atoms with Gasteiger partial charge in [0, 0.05) is 18.3 Å². The molecule has 0 unspecified atom stereocenters. The molecule has 7 nitrogen and oxygen atoms in total. The Morgan fingerprint density at radius 2 is 2.15 bits per heavy atom. The maximum Gasteiger partial charge on any atom is 0.333 e. The van der Waals surface area contributed by atoms with E-state index in [0.717, 1.165) is 17.3 Å². The smallest absolute Gasteiger partial charge is 0.333 e. The molecule has 1 aromatic carbocycles. The number of halogens is 2. The molecule has 0 atom stereocenters. The Balaban J connectivity index is 1.74. The summed E-state index contributed by atoms with van der Waals surface area (Å²) in [5.74, 6) is 0.196. The van der Waals surface area contributed by atoms with E-state index in [0.29, 0.717) is 17.1 Å². The van der Waals surface area contributed by atoms with Gasteiger partial charge in [-0.05, 0) is 26.0 Å². The van der Waals surface area contributed by atoms with Gasteiger partial charge in [0.15, 0.2) is 5.69 Å². The minimum Gasteiger partial charge on any atom is -0.337 e. The van der Waals surface area contributed by atoms with Crippen molar-refractivity contribution in [3.63, 3.8) is 0 Å². The van der Waals surface area contributed by atoms with E-state index in [1.54, 1.807) is 6.92 Å². The molecule has 136 valence electrons. The van der Waals surface area contributed by atoms with E-state index in [1.165, 1.54) is 11.0 Å². The first-order valence-corrected chi connectivity index (χ1v) is 8.00. The molecule has 2 aromatic heterocycles. The number of rotatable bonds is 6. The number of aromatic nitrogens is 4. The summed E-state index contributed by atoms with van der Waals surface area (Å²) in [6, 6.07) is 8.89. The quantitative estimate of drug-likeness (QED) is 0.673. The Bertz CT molecular complexity index is 906. The predicted octanol–water partition coefficient (Wildman–Crippen LogP) is 3.30. The highest BCUT2D eigenvalue weighted by atomic mass is 19.3. The number of hydrogen-bond donors (Lipinski definition) is 0. The molecule has 1 amide bonds. The van der Waals surface area contributed by atoms with Crippen LogP contribution >= 0.6 is 0 Å². The topological polar surface area (TPSA) is 77.0 Å². The van der Waals surface area contributed by atoms with Gasteiger partial charge < -0.3 is 9.42 Å². The Morgan fingerprint density at radius 1 is 1.35 bits per heavy atom. The Hall–Kier alpha value is -3.10. The monoisotopic (exact) mass is 361 g/mol. The lowest BCUT2D eigenvalue weighted by Crippen LogP contribution is -2.31. The molecule has 0 saturated heterocycles. The number of amides is 1. The highest BCUT2D eigenvalue weighted by Crippen LogP contribution is 2.18. The van der Waals surface area contributed by atoms with Crippen molar-refractivity contribution >= 4 is 5.91 Å². The predicted molar refractivity (Wildman–Crippen MR) is 88.4 cm³/mol. The summed E-state index contributed by atoms with van der Waals surface area (Å²) in [4.78, 5) is 18.1. The first-order valence-electron chi connectivity index (χ1n) is 8.00. The second kappa shape index (κ2) is 7.42. The molecule has 3 rings (SSSR count). The summed E-state index contributed by atoms with van der Waals surface area (Å²) < 4.78 is 30.9. The fraction of sp³-hybridized carbons (Fsp3) is 0.294. The third-order valence-electron chi connectivity index (χ3n) is 3.77. The van der Waals surface area contributed by atoms with Crippen molar-refractivity contribution in [1.29, 1.82) is 0 Å². The fourth-order valence-corrected chi connectivity index (χ4v) is 2.43. The average molecular weight is 361 g/mol. The zero-order valence-electron chi connectivity index (χ0n) is 14.3. The van der Waals surface area contributed by atoms with Gasteiger partial charge in [-0.1, -0.05) is 28.9 Å². The lowest BCUT2D eigenvalue weighted by molar-refractivity contribution is 0.0549. The van der Waals surface area contributed by atoms with Crippen molar-refractivity contribution in [2.24, 2.45) is 0 Å². The van der Waals surface area contributed by atoms with E-state index >= 15 is 0 Å². The standard InChI is InChI=1S/C17H17F2N5O2/c1-3-23(16(25)13-7-8-24(21-13)17(18)19)10-14-20-15(22-26-14)12-6-4-5-11(2)9-12/h4-9,17H,3,10H2,1-2H3. The van der Waals surface area contributed by atoms with E-state index in [1.807, 2.05) is 31.2 Å². The van der Waals surface area contributed by atoms with Crippen molar-refractivity contribution < 1.29 is 18.1 Å². The first-order chi connectivity index (χ1) is 12.5. The number of aryl methyl sites for hydroxylation is 1. The largest absolute Gasteiger partial charge is 0.337 e. The molecular formula is C17H17F2N5O2. The van der Waals surface area contributed by atoms with Crippen LogP contribution in [0.25, 0.3) is 11.4 Å². The number of benzene rings is 1. The second-order valence-corrected chi connectivity index (χ2v) is 5.66. The van der Waals surface area contributed by atoms with Crippen molar-refractivity contribution in [2.75, 3.05) is 6.54 Å². The molecular weight excluding hydrogens is 344 g/mol. The second-order valence-electron chi connectivity index (χ2n) is 5.66. The molecule has 3 aromatic rings. The number of alkyl halides is 2. The normalized spacial score (nSPS) is 11.1. The SMILES string of the molecule is CCN(Cc1nc(-c2cccc(C)c2)no1)C(=O)c1ccn(C(F)F)n1. The Morgan fingerprint density at radius 3 is 2.81 bits per heavy atom. The molecule has 0 bridgehead atoms. The zero-order chi connectivity index (χ0) is 18.7. The molecule has 0 saturated carbocycles. The van der Waals surface area contributed by atoms with Gasteiger partial charge in [0.1, 0.15) is 6.54 Å². The first kappa shape index (κ1) is 17.7. The summed E-state index contributed by atoms with van der Waals surface area (Å²) in [5.41, 5.74) is 1.81. The van der Waals surface area contributed by atoms with Gasteiger partial charge in [0.25, 0.3) is 5.91 Å². The lowest BCUT2D eigenvalue weighted by Gasteiger charge is -2.17. The van der Waals surface area contributed by atoms with Crippen LogP contribution in [0.1, 0.15) is 35.4 Å². The van der Waals surface area contributed by atoms with Crippen LogP contribution in [0.4, 0.5) is 8.78 Å². The van der Waals surface area contributed by atoms with Crippen molar-refractivity contribution in [1.82, 2.24) is 24.8 Å². The third kappa shape index (κ3) is 3.76. The maximum atomic E-state index is 12.6. The molecule has 26 heavy (non-hydrogen) atoms. The minimum atomic E-state index is -2.79. The number of nitrogens with zero attached hydrogens (tertiary/aromatic N) is 5. The maximum absolute atomic E-state index is 12.6. The van der Waals surface area contributed by atoms with Gasteiger partial charge in [0.2, 0.25) is 11.7 Å². The summed E-state index contributed by atoms with van der Waals surface area (Å²) in [5, 5.41) is 7.52. The highest BCUT2D eigenvalue weighted by Gasteiger charge is 2.21. The molecule has 0 radical (unpaired) electrons. The van der Waals surface area contributed by atoms with E-state index in [4.69, 9.17) is 4.52 Å². The van der Waals surface area contributed by atoms with E-state index in [2.05, 4.69) is 15.2 Å². The average Bonchev–Trinajstić information content (AvgIpc) is 3.29. The zero-order valence-corrected chi connectivity index (χ0v) is 14.3. The van der Waals surface area contributed by atoms with Gasteiger partial charge in [0.05, 0.1) is 0 Å². The van der Waals surface area contributed by atoms with Gasteiger partial charge in [-0.25, -0.2) is 4.68 Å². The highest BCUT2D eigenvalue weighted by molar-refractivity contribution is 5.92. The molecule has 0 spiro atoms. The molecule has 0 aliphatic rings. The molecule has 2 heterocycles. The molecule has 0 aliphatic heterocycles. The van der Waals surface area contributed by atoms with Crippen LogP contribution in [0.5, 0.6) is 0 Å². The van der Waals surface area contributed by atoms with Gasteiger partial charge >= 0.3 is 6.55 Å². The minimum absolute atomic E-state index is 0.0643. The van der Waals surface area contributed by atoms with Crippen LogP contribution < -0.4 is 0 Å². The van der Waals surface area contributed by atoms with Crippen LogP contribution in [-0.2, 0) is 6.54 Å². The summed E-state index contributed by atoms with van der Waals surface area (Å²) in [7, 11) is 0. The van der Waals surface area contributed by atoms with Crippen LogP contribution in [0.15, 0.2) is 41.1 Å². The molecule has 0 aliphatic carbocycles. The van der Waals surface area contributed by atoms with Crippen molar-refractivity contribution in [3.8, 4) is 11.4 Å². The van der Waals surface area contributed by atoms with Gasteiger partial charge in [-0.15, -0.1) is 0 Å². The van der Waals surface area contributed by atoms with Crippen molar-refractivity contribution in [3.05, 3.63) is 53.7 Å². The van der Waals surface area contributed by atoms with E-state index < -0.39 is 12.5 Å². The number of carbonyl (C=O) groups is 1. The van der Waals surface area contributed by atoms with Crippen molar-refractivity contribution in [2.45, 2.75) is 26.9 Å². The van der Waals surface area contributed by atoms with Crippen LogP contribution in [0.3, 0.4) is 0 Å². The number of carbonyl (C=O) groups excluding carboxylic acids is 1. The van der Waals surface area contributed by atoms with Gasteiger partial charge in [-0.3, -0.25) is 4.79 Å². The molecule has 0 N–H and O–H groups in total. The third-order valence-corrected chi connectivity index (χ3v) is 3.77. The van der Waals surface area contributed by atoms with Crippen LogP contribution in [-0.4, -0.2) is 37.3 Å². The van der Waals surface area contributed by atoms with Gasteiger partial charge in [-0.2, -0.15) is 18.9 Å². The lowest BCUT2D eigenvalue weighted by atomic mass is 10.1. The Labute approximate surface area is 148 Å². The summed E-state index contributed by atoms with van der Waals surface area (Å²) in [6.45, 7) is 1.33. The summed E-state index contributed by atoms with van der Waals surface area (Å²) >= 11 is 0. The van der Waals surface area contributed by atoms with Crippen LogP contribution in [0, 0.1) is 6.92 Å². The molecule has 0 fully saturated rings. The molecule has 9 heteroatoms. The summed E-state index contributed by atoms with van der Waals surface area (Å²) in [6.07, 6.45) is 1.06. The van der Waals surface area contributed by atoms with E-state index in [9.17, 15) is 13.6 Å².